The van der Waals surface area contributed by atoms with Crippen molar-refractivity contribution in [3.63, 3.8) is 0 Å². The predicted octanol–water partition coefficient (Wildman–Crippen LogP) is 16.7. The Balaban J connectivity index is 1.28. The zero-order valence-electron chi connectivity index (χ0n) is 33.1. The van der Waals surface area contributed by atoms with Gasteiger partial charge in [0.15, 0.2) is 0 Å². The summed E-state index contributed by atoms with van der Waals surface area (Å²) in [5.41, 5.74) is 24.0. The molecule has 0 unspecified atom stereocenters. The number of hydrogen-bond acceptors (Lipinski definition) is 0. The van der Waals surface area contributed by atoms with Gasteiger partial charge in [-0.05, 0) is 111 Å². The van der Waals surface area contributed by atoms with Gasteiger partial charge in [0, 0.05) is 0 Å². The smallest absolute Gasteiger partial charge is 0.00990 e. The molecule has 0 bridgehead atoms. The minimum atomic E-state index is 1.20. The lowest BCUT2D eigenvalue weighted by Crippen LogP contribution is -1.96. The number of benzene rings is 10. The van der Waals surface area contributed by atoms with Gasteiger partial charge >= 0.3 is 0 Å². The highest BCUT2D eigenvalue weighted by molar-refractivity contribution is 6.05. The van der Waals surface area contributed by atoms with E-state index >= 15 is 0 Å². The molecule has 0 aromatic heterocycles. The Hall–Kier alpha value is -7.80. The molecule has 0 fully saturated rings. The first-order chi connectivity index (χ1) is 29.8. The second-order valence-corrected chi connectivity index (χ2v) is 15.5. The monoisotopic (exact) mass is 760 g/mol. The first-order valence-electron chi connectivity index (χ1n) is 20.8. The first kappa shape index (κ1) is 35.4. The van der Waals surface area contributed by atoms with Crippen LogP contribution in [-0.4, -0.2) is 0 Å². The van der Waals surface area contributed by atoms with E-state index in [2.05, 4.69) is 243 Å². The molecule has 0 radical (unpaired) electrons. The maximum absolute atomic E-state index is 2.29. The maximum atomic E-state index is 2.29. The molecule has 0 nitrogen and oxygen atoms in total. The second kappa shape index (κ2) is 15.2. The van der Waals surface area contributed by atoms with Crippen molar-refractivity contribution in [3.05, 3.63) is 243 Å². The largest absolute Gasteiger partial charge is 0.0616 e. The fraction of sp³-hybridized carbons (Fsp3) is 0. The van der Waals surface area contributed by atoms with E-state index in [9.17, 15) is 0 Å². The summed E-state index contributed by atoms with van der Waals surface area (Å²) in [7, 11) is 0. The quantitative estimate of drug-likeness (QED) is 0.144. The van der Waals surface area contributed by atoms with Gasteiger partial charge in [0.1, 0.15) is 0 Å². The van der Waals surface area contributed by atoms with Gasteiger partial charge in [-0.3, -0.25) is 0 Å². The lowest BCUT2D eigenvalue weighted by atomic mass is 9.81. The third-order valence-electron chi connectivity index (χ3n) is 12.2. The molecule has 0 atom stereocenters. The normalized spacial score (nSPS) is 11.3. The third-order valence-corrected chi connectivity index (χ3v) is 12.2. The Morgan fingerprint density at radius 2 is 0.133 bits per heavy atom. The molecule has 10 aromatic carbocycles. The van der Waals surface area contributed by atoms with Crippen LogP contribution in [0.4, 0.5) is 0 Å². The highest BCUT2D eigenvalue weighted by Crippen LogP contribution is 2.49. The van der Waals surface area contributed by atoms with Crippen LogP contribution in [0.5, 0.6) is 0 Å². The molecular formula is C60H40. The van der Waals surface area contributed by atoms with Crippen molar-refractivity contribution in [1.29, 1.82) is 0 Å². The molecular weight excluding hydrogens is 721 g/mol. The molecule has 1 aliphatic rings. The molecule has 0 saturated heterocycles. The van der Waals surface area contributed by atoms with Crippen molar-refractivity contribution in [2.75, 3.05) is 0 Å². The fourth-order valence-electron chi connectivity index (χ4n) is 9.53. The Morgan fingerprint density at radius 3 is 0.183 bits per heavy atom. The van der Waals surface area contributed by atoms with Crippen molar-refractivity contribution < 1.29 is 0 Å². The van der Waals surface area contributed by atoms with Gasteiger partial charge in [-0.25, -0.2) is 0 Å². The lowest BCUT2D eigenvalue weighted by molar-refractivity contribution is 1.52. The van der Waals surface area contributed by atoms with E-state index in [-0.39, 0.29) is 0 Å². The molecule has 11 rings (SSSR count). The lowest BCUT2D eigenvalue weighted by Gasteiger charge is -2.22. The summed E-state index contributed by atoms with van der Waals surface area (Å²) < 4.78 is 0. The van der Waals surface area contributed by atoms with E-state index in [4.69, 9.17) is 0 Å². The average molecular weight is 761 g/mol. The molecule has 0 heterocycles. The minimum absolute atomic E-state index is 1.20. The zero-order valence-corrected chi connectivity index (χ0v) is 33.1. The number of fused-ring (bicyclic) bond motifs is 20. The van der Waals surface area contributed by atoms with Crippen LogP contribution in [0.2, 0.25) is 0 Å². The summed E-state index contributed by atoms with van der Waals surface area (Å²) in [4.78, 5) is 0. The van der Waals surface area contributed by atoms with Crippen LogP contribution in [0.25, 0.3) is 111 Å². The fourth-order valence-corrected chi connectivity index (χ4v) is 9.53. The summed E-state index contributed by atoms with van der Waals surface area (Å²) >= 11 is 0. The molecule has 0 aliphatic heterocycles. The third kappa shape index (κ3) is 6.01. The van der Waals surface area contributed by atoms with E-state index in [1.165, 1.54) is 111 Å². The minimum Gasteiger partial charge on any atom is -0.0616 e. The van der Waals surface area contributed by atoms with Gasteiger partial charge in [-0.1, -0.05) is 243 Å². The topological polar surface area (TPSA) is 0 Å². The first-order valence-corrected chi connectivity index (χ1v) is 20.8. The average Bonchev–Trinajstić information content (AvgIpc) is 3.34. The van der Waals surface area contributed by atoms with E-state index in [0.29, 0.717) is 0 Å². The summed E-state index contributed by atoms with van der Waals surface area (Å²) in [5.74, 6) is 0. The van der Waals surface area contributed by atoms with E-state index < -0.39 is 0 Å². The van der Waals surface area contributed by atoms with Crippen LogP contribution in [0.3, 0.4) is 0 Å². The standard InChI is InChI=1S/C60H40/c1-2-22-42-41(21-1)43-23-3-4-25-45(43)47-27-7-8-29-49(47)51-31-11-12-33-53(51)55-35-15-16-37-57(55)59-39-19-20-40-60(59)58-38-18-17-36-56(58)54-34-14-13-32-52(54)50-30-10-9-28-48(50)46-26-6-5-24-44(42)46/h1-40H. The van der Waals surface area contributed by atoms with Gasteiger partial charge < -0.3 is 0 Å². The van der Waals surface area contributed by atoms with Crippen LogP contribution in [0.1, 0.15) is 0 Å². The van der Waals surface area contributed by atoms with E-state index in [1.54, 1.807) is 0 Å². The van der Waals surface area contributed by atoms with Crippen LogP contribution < -0.4 is 0 Å². The van der Waals surface area contributed by atoms with Crippen LogP contribution in [-0.2, 0) is 0 Å². The van der Waals surface area contributed by atoms with Crippen molar-refractivity contribution in [2.24, 2.45) is 0 Å². The van der Waals surface area contributed by atoms with Crippen LogP contribution in [0.15, 0.2) is 243 Å². The van der Waals surface area contributed by atoms with Crippen LogP contribution in [0, 0.1) is 0 Å². The summed E-state index contributed by atoms with van der Waals surface area (Å²) in [6.45, 7) is 0. The summed E-state index contributed by atoms with van der Waals surface area (Å²) in [6.07, 6.45) is 0. The number of rotatable bonds is 0. The van der Waals surface area contributed by atoms with Gasteiger partial charge in [0.25, 0.3) is 0 Å². The maximum Gasteiger partial charge on any atom is -0.00990 e. The summed E-state index contributed by atoms with van der Waals surface area (Å²) in [5, 5.41) is 0. The molecule has 1 aliphatic carbocycles. The van der Waals surface area contributed by atoms with Crippen molar-refractivity contribution in [3.8, 4) is 111 Å². The second-order valence-electron chi connectivity index (χ2n) is 15.5. The molecule has 0 saturated carbocycles. The van der Waals surface area contributed by atoms with E-state index in [0.717, 1.165) is 0 Å². The van der Waals surface area contributed by atoms with Gasteiger partial charge in [0.2, 0.25) is 0 Å². The Labute approximate surface area is 352 Å². The van der Waals surface area contributed by atoms with Crippen LogP contribution >= 0.6 is 0 Å². The van der Waals surface area contributed by atoms with Crippen molar-refractivity contribution in [1.82, 2.24) is 0 Å². The molecule has 0 amide bonds. The highest BCUT2D eigenvalue weighted by Gasteiger charge is 2.23. The van der Waals surface area contributed by atoms with E-state index in [1.807, 2.05) is 0 Å². The molecule has 60 heavy (non-hydrogen) atoms. The highest BCUT2D eigenvalue weighted by atomic mass is 14.3. The Morgan fingerprint density at radius 1 is 0.0833 bits per heavy atom. The Kier molecular flexibility index (Phi) is 8.95. The molecule has 280 valence electrons. The number of hydrogen-bond donors (Lipinski definition) is 0. The summed E-state index contributed by atoms with van der Waals surface area (Å²) in [6, 6.07) is 89.3. The predicted molar refractivity (Wildman–Crippen MR) is 254 cm³/mol. The molecule has 0 heteroatoms. The van der Waals surface area contributed by atoms with Gasteiger partial charge in [-0.15, -0.1) is 0 Å². The SMILES string of the molecule is c1ccc2c(c1)-c1ccccc1-c1ccccc1-c1ccccc1-c1ccccc1-c1ccccc1-c1ccccc1-c1ccccc1-c1ccccc1-c1ccccc1-2. The van der Waals surface area contributed by atoms with Crippen molar-refractivity contribution >= 4 is 0 Å². The zero-order chi connectivity index (χ0) is 39.8. The molecule has 0 N–H and O–H groups in total. The van der Waals surface area contributed by atoms with Crippen molar-refractivity contribution in [2.45, 2.75) is 0 Å². The molecule has 10 aromatic rings. The molecule has 0 spiro atoms. The van der Waals surface area contributed by atoms with Gasteiger partial charge in [-0.2, -0.15) is 0 Å². The Bertz CT molecular complexity index is 2210. The van der Waals surface area contributed by atoms with Gasteiger partial charge in [0.05, 0.1) is 0 Å².